The summed E-state index contributed by atoms with van der Waals surface area (Å²) in [6, 6.07) is -0.294. The third-order valence-corrected chi connectivity index (χ3v) is 3.36. The summed E-state index contributed by atoms with van der Waals surface area (Å²) < 4.78 is 0. The highest BCUT2D eigenvalue weighted by molar-refractivity contribution is 5.75. The predicted octanol–water partition coefficient (Wildman–Crippen LogP) is 0.844. The van der Waals surface area contributed by atoms with Gasteiger partial charge in [-0.15, -0.1) is 0 Å². The van der Waals surface area contributed by atoms with Gasteiger partial charge in [0.25, 0.3) is 0 Å². The van der Waals surface area contributed by atoms with Gasteiger partial charge in [-0.2, -0.15) is 0 Å². The van der Waals surface area contributed by atoms with Gasteiger partial charge in [-0.05, 0) is 19.8 Å². The molecule has 0 aliphatic heterocycles. The van der Waals surface area contributed by atoms with Gasteiger partial charge in [-0.3, -0.25) is 0 Å². The van der Waals surface area contributed by atoms with Crippen LogP contribution in [0, 0.1) is 0 Å². The number of carboxylic acid groups (broad SMARTS) is 1. The van der Waals surface area contributed by atoms with Crippen LogP contribution in [0.5, 0.6) is 0 Å². The van der Waals surface area contributed by atoms with Crippen molar-refractivity contribution in [1.82, 2.24) is 10.6 Å². The minimum atomic E-state index is -1.42. The summed E-state index contributed by atoms with van der Waals surface area (Å²) in [4.78, 5) is 22.0. The van der Waals surface area contributed by atoms with Crippen LogP contribution in [0.3, 0.4) is 0 Å². The first kappa shape index (κ1) is 14.8. The number of rotatable bonds is 5. The van der Waals surface area contributed by atoms with Crippen LogP contribution in [0.15, 0.2) is 0 Å². The monoisotopic (exact) mass is 258 g/mol. The number of aliphatic carboxylic acids is 1. The Morgan fingerprint density at radius 2 is 1.89 bits per heavy atom. The molecule has 0 spiro atoms. The second-order valence-corrected chi connectivity index (χ2v) is 5.14. The van der Waals surface area contributed by atoms with Gasteiger partial charge in [0.05, 0.1) is 0 Å². The summed E-state index contributed by atoms with van der Waals surface area (Å²) in [6.07, 6.45) is 3.98. The lowest BCUT2D eigenvalue weighted by atomic mass is 9.83. The summed E-state index contributed by atoms with van der Waals surface area (Å²) in [5.41, 5.74) is -0.159. The minimum Gasteiger partial charge on any atom is -0.479 e. The Balaban J connectivity index is 2.22. The number of nitrogens with one attached hydrogen (secondary N) is 2. The van der Waals surface area contributed by atoms with Crippen molar-refractivity contribution in [3.05, 3.63) is 0 Å². The van der Waals surface area contributed by atoms with Gasteiger partial charge in [0, 0.05) is 18.5 Å². The molecular weight excluding hydrogens is 236 g/mol. The second-order valence-electron chi connectivity index (χ2n) is 5.14. The Bertz CT molecular complexity index is 300. The molecule has 0 saturated heterocycles. The number of aliphatic hydroxyl groups is 1. The summed E-state index contributed by atoms with van der Waals surface area (Å²) in [7, 11) is 0. The van der Waals surface area contributed by atoms with Crippen molar-refractivity contribution in [1.29, 1.82) is 0 Å². The molecule has 0 bridgehead atoms. The Morgan fingerprint density at radius 1 is 1.28 bits per heavy atom. The van der Waals surface area contributed by atoms with E-state index < -0.39 is 12.1 Å². The van der Waals surface area contributed by atoms with Crippen LogP contribution in [0.4, 0.5) is 4.79 Å². The normalized spacial score (nSPS) is 19.9. The SMILES string of the molecule is CC1(NC(=O)NCC[C@H](O)C(=O)O)CCCCC1. The van der Waals surface area contributed by atoms with Crippen molar-refractivity contribution in [3.63, 3.8) is 0 Å². The molecule has 2 amide bonds. The van der Waals surface area contributed by atoms with E-state index in [4.69, 9.17) is 10.2 Å². The molecule has 4 N–H and O–H groups in total. The molecule has 1 saturated carbocycles. The van der Waals surface area contributed by atoms with E-state index in [9.17, 15) is 9.59 Å². The molecule has 1 atom stereocenters. The number of carbonyl (C=O) groups excluding carboxylic acids is 1. The van der Waals surface area contributed by atoms with Crippen LogP contribution < -0.4 is 10.6 Å². The fraction of sp³-hybridized carbons (Fsp3) is 0.833. The van der Waals surface area contributed by atoms with Gasteiger partial charge in [0.1, 0.15) is 0 Å². The maximum atomic E-state index is 11.6. The van der Waals surface area contributed by atoms with Crippen LogP contribution in [-0.2, 0) is 4.79 Å². The van der Waals surface area contributed by atoms with Gasteiger partial charge >= 0.3 is 12.0 Å². The van der Waals surface area contributed by atoms with E-state index in [-0.39, 0.29) is 24.5 Å². The highest BCUT2D eigenvalue weighted by Crippen LogP contribution is 2.27. The highest BCUT2D eigenvalue weighted by atomic mass is 16.4. The molecule has 0 aromatic rings. The minimum absolute atomic E-state index is 0.0134. The second kappa shape index (κ2) is 6.58. The molecule has 1 aliphatic rings. The lowest BCUT2D eigenvalue weighted by Gasteiger charge is -2.34. The number of aliphatic hydroxyl groups excluding tert-OH is 1. The molecule has 104 valence electrons. The lowest BCUT2D eigenvalue weighted by Crippen LogP contribution is -2.51. The molecule has 0 radical (unpaired) electrons. The van der Waals surface area contributed by atoms with Crippen LogP contribution in [0.25, 0.3) is 0 Å². The van der Waals surface area contributed by atoms with E-state index in [1.807, 2.05) is 6.92 Å². The highest BCUT2D eigenvalue weighted by Gasteiger charge is 2.28. The average Bonchev–Trinajstić information content (AvgIpc) is 2.28. The molecule has 6 nitrogen and oxygen atoms in total. The van der Waals surface area contributed by atoms with Crippen LogP contribution in [0.1, 0.15) is 45.4 Å². The largest absolute Gasteiger partial charge is 0.479 e. The molecule has 1 rings (SSSR count). The van der Waals surface area contributed by atoms with Crippen molar-refractivity contribution in [3.8, 4) is 0 Å². The maximum absolute atomic E-state index is 11.6. The van der Waals surface area contributed by atoms with E-state index in [0.29, 0.717) is 0 Å². The Kier molecular flexibility index (Phi) is 5.40. The fourth-order valence-electron chi connectivity index (χ4n) is 2.22. The molecule has 0 aromatic carbocycles. The first-order valence-electron chi connectivity index (χ1n) is 6.40. The van der Waals surface area contributed by atoms with Gasteiger partial charge in [-0.25, -0.2) is 9.59 Å². The van der Waals surface area contributed by atoms with Gasteiger partial charge in [0.15, 0.2) is 6.10 Å². The van der Waals surface area contributed by atoms with E-state index >= 15 is 0 Å². The first-order valence-corrected chi connectivity index (χ1v) is 6.40. The number of carbonyl (C=O) groups is 2. The molecular formula is C12H22N2O4. The van der Waals surface area contributed by atoms with E-state index in [0.717, 1.165) is 25.7 Å². The summed E-state index contributed by atoms with van der Waals surface area (Å²) in [5.74, 6) is -1.27. The Hall–Kier alpha value is -1.30. The zero-order valence-corrected chi connectivity index (χ0v) is 10.7. The third-order valence-electron chi connectivity index (χ3n) is 3.36. The smallest absolute Gasteiger partial charge is 0.332 e. The zero-order chi connectivity index (χ0) is 13.6. The number of carboxylic acids is 1. The van der Waals surface area contributed by atoms with Crippen molar-refractivity contribution in [2.45, 2.75) is 57.1 Å². The number of hydrogen-bond donors (Lipinski definition) is 4. The molecule has 0 heterocycles. The number of urea groups is 1. The average molecular weight is 258 g/mol. The third kappa shape index (κ3) is 4.91. The maximum Gasteiger partial charge on any atom is 0.332 e. The van der Waals surface area contributed by atoms with Crippen molar-refractivity contribution in [2.75, 3.05) is 6.54 Å². The van der Waals surface area contributed by atoms with Crippen molar-refractivity contribution in [2.24, 2.45) is 0 Å². The van der Waals surface area contributed by atoms with Crippen molar-refractivity contribution >= 4 is 12.0 Å². The van der Waals surface area contributed by atoms with E-state index in [2.05, 4.69) is 10.6 Å². The molecule has 0 aromatic heterocycles. The van der Waals surface area contributed by atoms with Crippen LogP contribution in [0.2, 0.25) is 0 Å². The van der Waals surface area contributed by atoms with Crippen LogP contribution >= 0.6 is 0 Å². The van der Waals surface area contributed by atoms with Gasteiger partial charge in [0.2, 0.25) is 0 Å². The topological polar surface area (TPSA) is 98.7 Å². The fourth-order valence-corrected chi connectivity index (χ4v) is 2.22. The molecule has 1 aliphatic carbocycles. The lowest BCUT2D eigenvalue weighted by molar-refractivity contribution is -0.146. The standard InChI is InChI=1S/C12H22N2O4/c1-12(6-3-2-4-7-12)14-11(18)13-8-5-9(15)10(16)17/h9,15H,2-8H2,1H3,(H,16,17)(H2,13,14,18)/t9-/m0/s1. The van der Waals surface area contributed by atoms with Crippen molar-refractivity contribution < 1.29 is 19.8 Å². The van der Waals surface area contributed by atoms with E-state index in [1.165, 1.54) is 6.42 Å². The Morgan fingerprint density at radius 3 is 2.44 bits per heavy atom. The zero-order valence-electron chi connectivity index (χ0n) is 10.7. The molecule has 0 unspecified atom stereocenters. The van der Waals surface area contributed by atoms with Gasteiger partial charge < -0.3 is 20.8 Å². The molecule has 6 heteroatoms. The van der Waals surface area contributed by atoms with E-state index in [1.54, 1.807) is 0 Å². The molecule has 1 fully saturated rings. The summed E-state index contributed by atoms with van der Waals surface area (Å²) in [5, 5.41) is 23.0. The Labute approximate surface area is 107 Å². The number of amides is 2. The summed E-state index contributed by atoms with van der Waals surface area (Å²) in [6.45, 7) is 2.17. The summed E-state index contributed by atoms with van der Waals surface area (Å²) >= 11 is 0. The van der Waals surface area contributed by atoms with Crippen LogP contribution in [-0.4, -0.2) is 40.4 Å². The van der Waals surface area contributed by atoms with Gasteiger partial charge in [-0.1, -0.05) is 19.3 Å². The number of hydrogen-bond acceptors (Lipinski definition) is 3. The predicted molar refractivity (Wildman–Crippen MR) is 66.3 cm³/mol. The first-order chi connectivity index (χ1) is 8.43. The molecule has 18 heavy (non-hydrogen) atoms. The quantitative estimate of drug-likeness (QED) is 0.587.